The molecular formula is C15H24N2O4S. The molecule has 0 atom stereocenters. The smallest absolute Gasteiger partial charge is 0.397 e. The normalized spacial score (nSPS) is 11.3. The second-order valence-corrected chi connectivity index (χ2v) is 6.69. The molecule has 0 unspecified atom stereocenters. The van der Waals surface area contributed by atoms with Gasteiger partial charge in [-0.25, -0.2) is 4.79 Å². The summed E-state index contributed by atoms with van der Waals surface area (Å²) in [7, 11) is 0. The number of nitrogens with zero attached hydrogens (tertiary/aromatic N) is 2. The summed E-state index contributed by atoms with van der Waals surface area (Å²) < 4.78 is 10.3. The molecule has 0 saturated carbocycles. The van der Waals surface area contributed by atoms with E-state index >= 15 is 0 Å². The number of esters is 1. The number of hydrogen-bond donors (Lipinski definition) is 0. The quantitative estimate of drug-likeness (QED) is 0.436. The summed E-state index contributed by atoms with van der Waals surface area (Å²) in [5.41, 5.74) is 1.32. The topological polar surface area (TPSA) is 68.7 Å². The van der Waals surface area contributed by atoms with Gasteiger partial charge >= 0.3 is 11.9 Å². The number of amides is 1. The Bertz CT molecular complexity index is 468. The molecule has 0 spiro atoms. The van der Waals surface area contributed by atoms with E-state index in [1.54, 1.807) is 30.0 Å². The van der Waals surface area contributed by atoms with Crippen LogP contribution in [0.2, 0.25) is 0 Å². The van der Waals surface area contributed by atoms with Gasteiger partial charge in [0.1, 0.15) is 0 Å². The summed E-state index contributed by atoms with van der Waals surface area (Å²) in [6.07, 6.45) is 2.43. The van der Waals surface area contributed by atoms with Crippen LogP contribution in [0.4, 0.5) is 0 Å². The summed E-state index contributed by atoms with van der Waals surface area (Å²) in [5.74, 6) is -1.40. The Morgan fingerprint density at radius 1 is 1.36 bits per heavy atom. The second-order valence-electron chi connectivity index (χ2n) is 5.72. The Hall–Kier alpha value is -1.47. The van der Waals surface area contributed by atoms with Crippen molar-refractivity contribution in [1.29, 1.82) is 0 Å². The fourth-order valence-electron chi connectivity index (χ4n) is 1.86. The van der Waals surface area contributed by atoms with Crippen molar-refractivity contribution >= 4 is 23.2 Å². The Balaban J connectivity index is 2.41. The van der Waals surface area contributed by atoms with Crippen LogP contribution in [0.3, 0.4) is 0 Å². The van der Waals surface area contributed by atoms with Crippen LogP contribution in [0, 0.1) is 0 Å². The Labute approximate surface area is 135 Å². The standard InChI is InChI=1S/C15H24N2O4S/c1-5-21-14(19)13(18)17(15(2,3)4)7-6-8-20-10-12-9-16-11-22-12/h9,11H,5-8,10H2,1-4H3. The monoisotopic (exact) mass is 328 g/mol. The van der Waals surface area contributed by atoms with Gasteiger partial charge in [0, 0.05) is 24.9 Å². The van der Waals surface area contributed by atoms with Gasteiger partial charge in [-0.1, -0.05) is 0 Å². The molecule has 6 nitrogen and oxygen atoms in total. The van der Waals surface area contributed by atoms with Gasteiger partial charge in [0.2, 0.25) is 0 Å². The molecule has 0 aliphatic carbocycles. The van der Waals surface area contributed by atoms with Crippen LogP contribution in [0.1, 0.15) is 39.0 Å². The number of ether oxygens (including phenoxy) is 2. The highest BCUT2D eigenvalue weighted by Gasteiger charge is 2.31. The summed E-state index contributed by atoms with van der Waals surface area (Å²) in [6, 6.07) is 0. The van der Waals surface area contributed by atoms with E-state index in [1.807, 2.05) is 20.8 Å². The highest BCUT2D eigenvalue weighted by molar-refractivity contribution is 7.09. The van der Waals surface area contributed by atoms with Gasteiger partial charge in [-0.15, -0.1) is 11.3 Å². The van der Waals surface area contributed by atoms with Gasteiger partial charge in [-0.05, 0) is 34.1 Å². The van der Waals surface area contributed by atoms with Crippen molar-refractivity contribution in [2.24, 2.45) is 0 Å². The van der Waals surface area contributed by atoms with E-state index in [0.717, 1.165) is 4.88 Å². The maximum atomic E-state index is 12.1. The predicted molar refractivity (Wildman–Crippen MR) is 84.5 cm³/mol. The van der Waals surface area contributed by atoms with Gasteiger partial charge in [-0.3, -0.25) is 9.78 Å². The number of aromatic nitrogens is 1. The first-order valence-corrected chi connectivity index (χ1v) is 8.18. The fourth-order valence-corrected chi connectivity index (χ4v) is 2.39. The highest BCUT2D eigenvalue weighted by Crippen LogP contribution is 2.15. The van der Waals surface area contributed by atoms with Gasteiger partial charge < -0.3 is 14.4 Å². The van der Waals surface area contributed by atoms with E-state index in [4.69, 9.17) is 9.47 Å². The number of thiazole rings is 1. The molecule has 0 aromatic carbocycles. The summed E-state index contributed by atoms with van der Waals surface area (Å²) >= 11 is 1.54. The maximum Gasteiger partial charge on any atom is 0.397 e. The molecule has 1 amide bonds. The molecule has 0 aliphatic rings. The Morgan fingerprint density at radius 2 is 2.09 bits per heavy atom. The number of carbonyl (C=O) groups is 2. The van der Waals surface area contributed by atoms with Crippen LogP contribution < -0.4 is 0 Å². The zero-order valence-electron chi connectivity index (χ0n) is 13.6. The molecule has 1 heterocycles. The summed E-state index contributed by atoms with van der Waals surface area (Å²) in [6.45, 7) is 9.03. The molecule has 22 heavy (non-hydrogen) atoms. The SMILES string of the molecule is CCOC(=O)C(=O)N(CCCOCc1cncs1)C(C)(C)C. The van der Waals surface area contributed by atoms with Crippen LogP contribution in [-0.2, 0) is 25.7 Å². The lowest BCUT2D eigenvalue weighted by Crippen LogP contribution is -2.49. The minimum atomic E-state index is -0.803. The van der Waals surface area contributed by atoms with Gasteiger partial charge in [0.25, 0.3) is 0 Å². The van der Waals surface area contributed by atoms with Crippen molar-refractivity contribution < 1.29 is 19.1 Å². The first-order valence-electron chi connectivity index (χ1n) is 7.30. The lowest BCUT2D eigenvalue weighted by molar-refractivity contribution is -0.162. The molecule has 0 N–H and O–H groups in total. The van der Waals surface area contributed by atoms with E-state index in [9.17, 15) is 9.59 Å². The van der Waals surface area contributed by atoms with E-state index in [1.165, 1.54) is 4.90 Å². The zero-order valence-corrected chi connectivity index (χ0v) is 14.4. The molecule has 1 aromatic heterocycles. The molecule has 124 valence electrons. The van der Waals surface area contributed by atoms with Crippen LogP contribution in [0.15, 0.2) is 11.7 Å². The highest BCUT2D eigenvalue weighted by atomic mass is 32.1. The average molecular weight is 328 g/mol. The third kappa shape index (κ3) is 6.11. The molecule has 1 rings (SSSR count). The van der Waals surface area contributed by atoms with Gasteiger partial charge in [-0.2, -0.15) is 0 Å². The molecule has 0 saturated heterocycles. The minimum Gasteiger partial charge on any atom is -0.459 e. The van der Waals surface area contributed by atoms with Crippen LogP contribution in [0.5, 0.6) is 0 Å². The summed E-state index contributed by atoms with van der Waals surface area (Å²) in [4.78, 5) is 30.3. The maximum absolute atomic E-state index is 12.1. The van der Waals surface area contributed by atoms with Crippen LogP contribution in [-0.4, -0.2) is 47.1 Å². The number of carbonyl (C=O) groups excluding carboxylic acids is 2. The summed E-state index contributed by atoms with van der Waals surface area (Å²) in [5, 5.41) is 0. The molecular weight excluding hydrogens is 304 g/mol. The van der Waals surface area contributed by atoms with Crippen LogP contribution >= 0.6 is 11.3 Å². The molecule has 0 fully saturated rings. The average Bonchev–Trinajstić information content (AvgIpc) is 2.94. The van der Waals surface area contributed by atoms with Crippen LogP contribution in [0.25, 0.3) is 0 Å². The van der Waals surface area contributed by atoms with E-state index < -0.39 is 17.4 Å². The third-order valence-corrected chi connectivity index (χ3v) is 3.66. The molecule has 0 bridgehead atoms. The molecule has 0 radical (unpaired) electrons. The Kier molecular flexibility index (Phi) is 7.47. The molecule has 7 heteroatoms. The molecule has 1 aromatic rings. The zero-order chi connectivity index (χ0) is 16.6. The van der Waals surface area contributed by atoms with Crippen molar-refractivity contribution in [3.63, 3.8) is 0 Å². The van der Waals surface area contributed by atoms with Crippen molar-refractivity contribution in [2.75, 3.05) is 19.8 Å². The van der Waals surface area contributed by atoms with Crippen molar-refractivity contribution in [3.8, 4) is 0 Å². The van der Waals surface area contributed by atoms with E-state index in [2.05, 4.69) is 4.98 Å². The van der Waals surface area contributed by atoms with Crippen molar-refractivity contribution in [1.82, 2.24) is 9.88 Å². The third-order valence-electron chi connectivity index (χ3n) is 2.90. The van der Waals surface area contributed by atoms with Crippen molar-refractivity contribution in [2.45, 2.75) is 46.3 Å². The lowest BCUT2D eigenvalue weighted by Gasteiger charge is -2.34. The largest absolute Gasteiger partial charge is 0.459 e. The van der Waals surface area contributed by atoms with Gasteiger partial charge in [0.05, 0.1) is 23.6 Å². The first kappa shape index (κ1) is 18.6. The van der Waals surface area contributed by atoms with Gasteiger partial charge in [0.15, 0.2) is 0 Å². The predicted octanol–water partition coefficient (Wildman–Crippen LogP) is 2.24. The van der Waals surface area contributed by atoms with E-state index in [0.29, 0.717) is 26.2 Å². The fraction of sp³-hybridized carbons (Fsp3) is 0.667. The Morgan fingerprint density at radius 3 is 2.64 bits per heavy atom. The lowest BCUT2D eigenvalue weighted by atomic mass is 10.1. The minimum absolute atomic E-state index is 0.195. The molecule has 0 aliphatic heterocycles. The van der Waals surface area contributed by atoms with Crippen molar-refractivity contribution in [3.05, 3.63) is 16.6 Å². The second kappa shape index (κ2) is 8.85. The first-order chi connectivity index (χ1) is 10.4. The van der Waals surface area contributed by atoms with E-state index in [-0.39, 0.29) is 6.61 Å². The number of hydrogen-bond acceptors (Lipinski definition) is 6. The number of rotatable bonds is 7.